The van der Waals surface area contributed by atoms with E-state index in [2.05, 4.69) is 10.7 Å². The Morgan fingerprint density at radius 3 is 2.88 bits per heavy atom. The molecule has 0 bridgehead atoms. The van der Waals surface area contributed by atoms with E-state index >= 15 is 0 Å². The highest BCUT2D eigenvalue weighted by Crippen LogP contribution is 2.29. The number of nitrogens with two attached hydrogens (primary N) is 1. The Morgan fingerprint density at radius 1 is 1.52 bits per heavy atom. The van der Waals surface area contributed by atoms with Crippen LogP contribution in [0.3, 0.4) is 0 Å². The number of benzene rings is 1. The summed E-state index contributed by atoms with van der Waals surface area (Å²) in [6.07, 6.45) is 0. The van der Waals surface area contributed by atoms with Gasteiger partial charge in [0.1, 0.15) is 11.9 Å². The van der Waals surface area contributed by atoms with E-state index in [-0.39, 0.29) is 24.1 Å². The first-order valence-electron chi connectivity index (χ1n) is 7.85. The molecule has 2 unspecified atom stereocenters. The van der Waals surface area contributed by atoms with Gasteiger partial charge < -0.3 is 20.9 Å². The van der Waals surface area contributed by atoms with Gasteiger partial charge in [0.15, 0.2) is 0 Å². The van der Waals surface area contributed by atoms with Crippen molar-refractivity contribution in [3.63, 3.8) is 0 Å². The molecular weight excluding hydrogens is 331 g/mol. The minimum atomic E-state index is -1.22. The van der Waals surface area contributed by atoms with E-state index in [1.807, 2.05) is 12.1 Å². The molecule has 138 valence electrons. The van der Waals surface area contributed by atoms with E-state index in [1.165, 1.54) is 6.07 Å². The van der Waals surface area contributed by atoms with Crippen LogP contribution in [0.15, 0.2) is 18.2 Å². The highest BCUT2D eigenvalue weighted by atomic mass is 19.1. The third-order valence-corrected chi connectivity index (χ3v) is 4.06. The molecule has 1 aromatic carbocycles. The number of hydrogen-bond acceptors (Lipinski definition) is 6. The van der Waals surface area contributed by atoms with E-state index in [4.69, 9.17) is 15.6 Å². The van der Waals surface area contributed by atoms with Crippen LogP contribution in [0.1, 0.15) is 22.0 Å². The molecule has 3 atom stereocenters. The Bertz CT molecular complexity index is 643. The van der Waals surface area contributed by atoms with Crippen LogP contribution in [0.25, 0.3) is 0 Å². The van der Waals surface area contributed by atoms with Crippen molar-refractivity contribution in [1.29, 1.82) is 0 Å². The molecule has 0 aromatic heterocycles. The van der Waals surface area contributed by atoms with Gasteiger partial charge in [-0.2, -0.15) is 0 Å². The van der Waals surface area contributed by atoms with E-state index in [9.17, 15) is 14.0 Å². The first kappa shape index (κ1) is 19.3. The molecule has 1 aromatic rings. The Labute approximate surface area is 145 Å². The first-order valence-corrected chi connectivity index (χ1v) is 7.85. The summed E-state index contributed by atoms with van der Waals surface area (Å²) < 4.78 is 19.2. The molecule has 8 nitrogen and oxygen atoms in total. The predicted molar refractivity (Wildman–Crippen MR) is 88.2 cm³/mol. The molecular formula is C16H23FN4O4. The fourth-order valence-corrected chi connectivity index (χ4v) is 2.88. The summed E-state index contributed by atoms with van der Waals surface area (Å²) in [7, 11) is 3.48. The molecule has 1 amide bonds. The van der Waals surface area contributed by atoms with E-state index in [0.717, 1.165) is 12.6 Å². The molecule has 1 fully saturated rings. The van der Waals surface area contributed by atoms with Crippen molar-refractivity contribution in [2.24, 2.45) is 11.7 Å². The van der Waals surface area contributed by atoms with Gasteiger partial charge in [0.25, 0.3) is 5.91 Å². The summed E-state index contributed by atoms with van der Waals surface area (Å²) in [5.74, 6) is -2.24. The lowest BCUT2D eigenvalue weighted by molar-refractivity contribution is -0.138. The highest BCUT2D eigenvalue weighted by Gasteiger charge is 2.32. The number of carbonyl (C=O) groups is 2. The molecule has 0 saturated carbocycles. The van der Waals surface area contributed by atoms with Crippen molar-refractivity contribution in [2.75, 3.05) is 33.9 Å². The molecule has 1 saturated heterocycles. The molecule has 9 heteroatoms. The number of amides is 1. The third-order valence-electron chi connectivity index (χ3n) is 4.06. The number of nitrogens with one attached hydrogen (secondary N) is 2. The average molecular weight is 354 g/mol. The van der Waals surface area contributed by atoms with Gasteiger partial charge in [-0.3, -0.25) is 9.59 Å². The van der Waals surface area contributed by atoms with Crippen molar-refractivity contribution in [2.45, 2.75) is 12.1 Å². The summed E-state index contributed by atoms with van der Waals surface area (Å²) in [5, 5.41) is 13.0. The van der Waals surface area contributed by atoms with Crippen molar-refractivity contribution in [1.82, 2.24) is 15.8 Å². The zero-order chi connectivity index (χ0) is 18.6. The van der Waals surface area contributed by atoms with Crippen LogP contribution in [0.5, 0.6) is 0 Å². The second kappa shape index (κ2) is 8.34. The van der Waals surface area contributed by atoms with Crippen LogP contribution in [-0.2, 0) is 9.53 Å². The standard InChI is InChI=1S/C16H23FN4O4/c1-21-7-11(8-25-2)14(20-21)9-3-10(5-12(17)4-9)15(22)19-6-13(18)16(23)24/h3-5,11,13-14,20H,6-8,18H2,1-2H3,(H,19,22)(H,23,24)/t11?,13-,14?/m1/s1. The van der Waals surface area contributed by atoms with E-state index in [0.29, 0.717) is 12.2 Å². The predicted octanol–water partition coefficient (Wildman–Crippen LogP) is -0.279. The molecule has 25 heavy (non-hydrogen) atoms. The van der Waals surface area contributed by atoms with Gasteiger partial charge in [0, 0.05) is 38.7 Å². The summed E-state index contributed by atoms with van der Waals surface area (Å²) in [6, 6.07) is 2.67. The Morgan fingerprint density at radius 2 is 2.24 bits per heavy atom. The second-order valence-corrected chi connectivity index (χ2v) is 6.13. The fraction of sp³-hybridized carbons (Fsp3) is 0.500. The molecule has 0 aliphatic carbocycles. The van der Waals surface area contributed by atoms with Crippen LogP contribution in [0.2, 0.25) is 0 Å². The highest BCUT2D eigenvalue weighted by molar-refractivity contribution is 5.94. The topological polar surface area (TPSA) is 117 Å². The van der Waals surface area contributed by atoms with Crippen molar-refractivity contribution in [3.05, 3.63) is 35.1 Å². The van der Waals surface area contributed by atoms with Crippen molar-refractivity contribution >= 4 is 11.9 Å². The molecule has 2 rings (SSSR count). The molecule has 5 N–H and O–H groups in total. The van der Waals surface area contributed by atoms with E-state index in [1.54, 1.807) is 13.2 Å². The summed E-state index contributed by atoms with van der Waals surface area (Å²) in [5.41, 5.74) is 9.31. The number of carbonyl (C=O) groups excluding carboxylic acids is 1. The molecule has 0 radical (unpaired) electrons. The smallest absolute Gasteiger partial charge is 0.322 e. The van der Waals surface area contributed by atoms with Gasteiger partial charge >= 0.3 is 5.97 Å². The zero-order valence-electron chi connectivity index (χ0n) is 14.2. The maximum absolute atomic E-state index is 14.0. The first-order chi connectivity index (χ1) is 11.8. The normalized spacial score (nSPS) is 21.9. The fourth-order valence-electron chi connectivity index (χ4n) is 2.88. The number of halogens is 1. The summed E-state index contributed by atoms with van der Waals surface area (Å²) in [4.78, 5) is 22.9. The summed E-state index contributed by atoms with van der Waals surface area (Å²) in [6.45, 7) is 0.980. The third kappa shape index (κ3) is 4.95. The number of rotatable bonds is 7. The number of hydrazine groups is 1. The van der Waals surface area contributed by atoms with Crippen molar-refractivity contribution < 1.29 is 23.8 Å². The molecule has 1 heterocycles. The van der Waals surface area contributed by atoms with Gasteiger partial charge in [0.05, 0.1) is 12.6 Å². The number of hydrogen-bond donors (Lipinski definition) is 4. The molecule has 0 spiro atoms. The Balaban J connectivity index is 2.16. The minimum absolute atomic E-state index is 0.105. The van der Waals surface area contributed by atoms with Crippen molar-refractivity contribution in [3.8, 4) is 0 Å². The quantitative estimate of drug-likeness (QED) is 0.532. The minimum Gasteiger partial charge on any atom is -0.480 e. The molecule has 1 aliphatic heterocycles. The van der Waals surface area contributed by atoms with Crippen LogP contribution in [-0.4, -0.2) is 61.9 Å². The van der Waals surface area contributed by atoms with Gasteiger partial charge in [-0.15, -0.1) is 0 Å². The summed E-state index contributed by atoms with van der Waals surface area (Å²) >= 11 is 0. The maximum Gasteiger partial charge on any atom is 0.322 e. The van der Waals surface area contributed by atoms with Crippen LogP contribution in [0, 0.1) is 11.7 Å². The zero-order valence-corrected chi connectivity index (χ0v) is 14.2. The lowest BCUT2D eigenvalue weighted by atomic mass is 9.94. The van der Waals surface area contributed by atoms with Crippen LogP contribution >= 0.6 is 0 Å². The Hall–Kier alpha value is -2.07. The van der Waals surface area contributed by atoms with E-state index < -0.39 is 23.7 Å². The van der Waals surface area contributed by atoms with Gasteiger partial charge in [0.2, 0.25) is 0 Å². The number of methoxy groups -OCH3 is 1. The average Bonchev–Trinajstić information content (AvgIpc) is 2.92. The number of ether oxygens (including phenoxy) is 1. The number of carboxylic acid groups (broad SMARTS) is 1. The largest absolute Gasteiger partial charge is 0.480 e. The Kier molecular flexibility index (Phi) is 6.43. The number of nitrogens with zero attached hydrogens (tertiary/aromatic N) is 1. The van der Waals surface area contributed by atoms with Gasteiger partial charge in [-0.1, -0.05) is 0 Å². The number of carboxylic acids is 1. The lowest BCUT2D eigenvalue weighted by Crippen LogP contribution is -2.42. The van der Waals surface area contributed by atoms with Crippen LogP contribution < -0.4 is 16.5 Å². The lowest BCUT2D eigenvalue weighted by Gasteiger charge is -2.19. The van der Waals surface area contributed by atoms with Crippen LogP contribution in [0.4, 0.5) is 4.39 Å². The molecule has 1 aliphatic rings. The second-order valence-electron chi connectivity index (χ2n) is 6.13. The maximum atomic E-state index is 14.0. The SMILES string of the molecule is COCC1CN(C)NC1c1cc(F)cc(C(=O)NC[C@@H](N)C(=O)O)c1. The van der Waals surface area contributed by atoms with Gasteiger partial charge in [-0.05, 0) is 23.8 Å². The monoisotopic (exact) mass is 354 g/mol. The number of aliphatic carboxylic acids is 1. The van der Waals surface area contributed by atoms with Gasteiger partial charge in [-0.25, -0.2) is 14.8 Å².